The summed E-state index contributed by atoms with van der Waals surface area (Å²) < 4.78 is 10.5. The van der Waals surface area contributed by atoms with Gasteiger partial charge in [-0.05, 0) is 49.2 Å². The number of nitrogens with one attached hydrogen (secondary N) is 2. The first-order valence-electron chi connectivity index (χ1n) is 7.57. The van der Waals surface area contributed by atoms with Gasteiger partial charge in [-0.2, -0.15) is 0 Å². The Labute approximate surface area is 133 Å². The quantitative estimate of drug-likeness (QED) is 0.888. The molecule has 0 bridgehead atoms. The van der Waals surface area contributed by atoms with Crippen LogP contribution in [0.1, 0.15) is 33.8 Å². The fourth-order valence-corrected chi connectivity index (χ4v) is 2.42. The van der Waals surface area contributed by atoms with Gasteiger partial charge >= 0.3 is 0 Å². The Kier molecular flexibility index (Phi) is 4.73. The van der Waals surface area contributed by atoms with E-state index >= 15 is 0 Å². The first-order chi connectivity index (χ1) is 11.2. The molecule has 0 unspecified atom stereocenters. The van der Waals surface area contributed by atoms with Crippen LogP contribution in [0.2, 0.25) is 0 Å². The highest BCUT2D eigenvalue weighted by atomic mass is 16.5. The van der Waals surface area contributed by atoms with E-state index in [0.29, 0.717) is 17.8 Å². The highest BCUT2D eigenvalue weighted by molar-refractivity contribution is 6.02. The van der Waals surface area contributed by atoms with Crippen molar-refractivity contribution < 1.29 is 18.7 Å². The van der Waals surface area contributed by atoms with Crippen molar-refractivity contribution in [2.75, 3.05) is 18.5 Å². The smallest absolute Gasteiger partial charge is 0.291 e. The number of hydrogen-bond donors (Lipinski definition) is 2. The first kappa shape index (κ1) is 15.3. The van der Waals surface area contributed by atoms with E-state index in [9.17, 15) is 9.59 Å². The van der Waals surface area contributed by atoms with Crippen LogP contribution in [0.25, 0.3) is 0 Å². The van der Waals surface area contributed by atoms with Crippen molar-refractivity contribution in [1.29, 1.82) is 0 Å². The van der Waals surface area contributed by atoms with E-state index in [1.165, 1.54) is 6.26 Å². The molecule has 3 rings (SSSR count). The summed E-state index contributed by atoms with van der Waals surface area (Å²) in [5.41, 5.74) is 1.14. The molecule has 2 amide bonds. The van der Waals surface area contributed by atoms with Crippen LogP contribution in [0.3, 0.4) is 0 Å². The predicted molar refractivity (Wildman–Crippen MR) is 84.4 cm³/mol. The maximum Gasteiger partial charge on any atom is 0.291 e. The van der Waals surface area contributed by atoms with Gasteiger partial charge in [0.15, 0.2) is 5.76 Å². The standard InChI is InChI=1S/C17H18N2O4/c20-16(18-11-14-3-1-9-22-14)12-5-7-13(8-6-12)19-17(21)15-4-2-10-23-15/h2,4-8,10,14H,1,3,9,11H2,(H,18,20)(H,19,21)/t14-/m1/s1. The fourth-order valence-electron chi connectivity index (χ4n) is 2.42. The fraction of sp³-hybridized carbons (Fsp3) is 0.294. The molecule has 1 atom stereocenters. The number of carbonyl (C=O) groups is 2. The van der Waals surface area contributed by atoms with Crippen LogP contribution < -0.4 is 10.6 Å². The number of ether oxygens (including phenoxy) is 1. The van der Waals surface area contributed by atoms with Gasteiger partial charge in [-0.3, -0.25) is 9.59 Å². The molecular formula is C17H18N2O4. The summed E-state index contributed by atoms with van der Waals surface area (Å²) in [7, 11) is 0. The first-order valence-corrected chi connectivity index (χ1v) is 7.57. The highest BCUT2D eigenvalue weighted by Gasteiger charge is 2.16. The third-order valence-electron chi connectivity index (χ3n) is 3.66. The number of anilines is 1. The summed E-state index contributed by atoms with van der Waals surface area (Å²) in [6.07, 6.45) is 3.59. The average molecular weight is 314 g/mol. The second-order valence-corrected chi connectivity index (χ2v) is 5.35. The average Bonchev–Trinajstić information content (AvgIpc) is 3.26. The molecule has 1 aliphatic rings. The number of rotatable bonds is 5. The van der Waals surface area contributed by atoms with Gasteiger partial charge < -0.3 is 19.8 Å². The molecule has 1 saturated heterocycles. The molecule has 0 aliphatic carbocycles. The van der Waals surface area contributed by atoms with Crippen molar-refractivity contribution in [2.45, 2.75) is 18.9 Å². The number of furan rings is 1. The van der Waals surface area contributed by atoms with E-state index in [2.05, 4.69) is 10.6 Å². The molecule has 6 heteroatoms. The minimum atomic E-state index is -0.328. The second-order valence-electron chi connectivity index (χ2n) is 5.35. The molecule has 2 heterocycles. The van der Waals surface area contributed by atoms with E-state index in [1.54, 1.807) is 36.4 Å². The van der Waals surface area contributed by atoms with Crippen molar-refractivity contribution in [2.24, 2.45) is 0 Å². The molecule has 1 fully saturated rings. The van der Waals surface area contributed by atoms with Crippen molar-refractivity contribution in [1.82, 2.24) is 5.32 Å². The van der Waals surface area contributed by atoms with Gasteiger partial charge in [0.1, 0.15) is 0 Å². The summed E-state index contributed by atoms with van der Waals surface area (Å²) in [6.45, 7) is 1.29. The lowest BCUT2D eigenvalue weighted by Gasteiger charge is -2.11. The Morgan fingerprint density at radius 2 is 1.96 bits per heavy atom. The number of carbonyl (C=O) groups excluding carboxylic acids is 2. The maximum atomic E-state index is 12.1. The molecule has 6 nitrogen and oxygen atoms in total. The van der Waals surface area contributed by atoms with Crippen LogP contribution >= 0.6 is 0 Å². The number of amides is 2. The molecule has 1 aromatic heterocycles. The van der Waals surface area contributed by atoms with E-state index in [1.807, 2.05) is 0 Å². The summed E-state index contributed by atoms with van der Waals surface area (Å²) in [5, 5.41) is 5.56. The SMILES string of the molecule is O=C(NC[C@H]1CCCO1)c1ccc(NC(=O)c2ccco2)cc1. The third kappa shape index (κ3) is 3.98. The minimum Gasteiger partial charge on any atom is -0.459 e. The van der Waals surface area contributed by atoms with Crippen molar-refractivity contribution in [3.63, 3.8) is 0 Å². The number of benzene rings is 1. The zero-order valence-electron chi connectivity index (χ0n) is 12.6. The minimum absolute atomic E-state index is 0.116. The molecule has 23 heavy (non-hydrogen) atoms. The molecular weight excluding hydrogens is 296 g/mol. The molecule has 0 saturated carbocycles. The zero-order valence-corrected chi connectivity index (χ0v) is 12.6. The lowest BCUT2D eigenvalue weighted by atomic mass is 10.2. The molecule has 2 aromatic rings. The normalized spacial score (nSPS) is 17.0. The Balaban J connectivity index is 1.53. The summed E-state index contributed by atoms with van der Waals surface area (Å²) in [4.78, 5) is 23.9. The van der Waals surface area contributed by atoms with Gasteiger partial charge in [-0.1, -0.05) is 0 Å². The lowest BCUT2D eigenvalue weighted by molar-refractivity contribution is 0.0857. The van der Waals surface area contributed by atoms with E-state index in [0.717, 1.165) is 19.4 Å². The van der Waals surface area contributed by atoms with Gasteiger partial charge in [-0.25, -0.2) is 0 Å². The second kappa shape index (κ2) is 7.11. The van der Waals surface area contributed by atoms with Crippen molar-refractivity contribution in [3.05, 3.63) is 54.0 Å². The van der Waals surface area contributed by atoms with Crippen LogP contribution in [0.5, 0.6) is 0 Å². The summed E-state index contributed by atoms with van der Waals surface area (Å²) >= 11 is 0. The highest BCUT2D eigenvalue weighted by Crippen LogP contribution is 2.13. The Bertz CT molecular complexity index is 658. The summed E-state index contributed by atoms with van der Waals surface area (Å²) in [5.74, 6) is -0.238. The van der Waals surface area contributed by atoms with Crippen molar-refractivity contribution in [3.8, 4) is 0 Å². The van der Waals surface area contributed by atoms with E-state index in [-0.39, 0.29) is 23.7 Å². The molecule has 120 valence electrons. The molecule has 1 aliphatic heterocycles. The van der Waals surface area contributed by atoms with Gasteiger partial charge in [0.05, 0.1) is 12.4 Å². The van der Waals surface area contributed by atoms with Gasteiger partial charge in [0.25, 0.3) is 11.8 Å². The predicted octanol–water partition coefficient (Wildman–Crippen LogP) is 2.44. The van der Waals surface area contributed by atoms with Crippen LogP contribution in [-0.4, -0.2) is 31.1 Å². The maximum absolute atomic E-state index is 12.1. The largest absolute Gasteiger partial charge is 0.459 e. The number of hydrogen-bond acceptors (Lipinski definition) is 4. The Morgan fingerprint density at radius 3 is 2.61 bits per heavy atom. The third-order valence-corrected chi connectivity index (χ3v) is 3.66. The molecule has 0 spiro atoms. The van der Waals surface area contributed by atoms with Crippen LogP contribution in [0.4, 0.5) is 5.69 Å². The van der Waals surface area contributed by atoms with Crippen LogP contribution in [-0.2, 0) is 4.74 Å². The Hall–Kier alpha value is -2.60. The monoisotopic (exact) mass is 314 g/mol. The van der Waals surface area contributed by atoms with Gasteiger partial charge in [0, 0.05) is 24.4 Å². The van der Waals surface area contributed by atoms with Crippen LogP contribution in [0.15, 0.2) is 47.1 Å². The zero-order chi connectivity index (χ0) is 16.1. The van der Waals surface area contributed by atoms with Gasteiger partial charge in [0.2, 0.25) is 0 Å². The van der Waals surface area contributed by atoms with Gasteiger partial charge in [-0.15, -0.1) is 0 Å². The molecule has 2 N–H and O–H groups in total. The van der Waals surface area contributed by atoms with Crippen LogP contribution in [0, 0.1) is 0 Å². The van der Waals surface area contributed by atoms with E-state index in [4.69, 9.17) is 9.15 Å². The van der Waals surface area contributed by atoms with E-state index < -0.39 is 0 Å². The Morgan fingerprint density at radius 1 is 1.13 bits per heavy atom. The molecule has 0 radical (unpaired) electrons. The topological polar surface area (TPSA) is 80.6 Å². The summed E-state index contributed by atoms with van der Waals surface area (Å²) in [6, 6.07) is 9.94. The van der Waals surface area contributed by atoms with Crippen molar-refractivity contribution >= 4 is 17.5 Å². The lowest BCUT2D eigenvalue weighted by Crippen LogP contribution is -2.31. The molecule has 1 aromatic carbocycles.